The Labute approximate surface area is 85.6 Å². The Hall–Kier alpha value is -0.730. The molecule has 1 N–H and O–H groups in total. The highest BCUT2D eigenvalue weighted by molar-refractivity contribution is 7.17. The highest BCUT2D eigenvalue weighted by Gasteiger charge is 2.07. The van der Waals surface area contributed by atoms with Crippen LogP contribution in [0, 0.1) is 0 Å². The molecule has 1 aromatic heterocycles. The molecule has 0 aliphatic rings. The van der Waals surface area contributed by atoms with Crippen molar-refractivity contribution in [3.63, 3.8) is 0 Å². The molecule has 13 heavy (non-hydrogen) atoms. The van der Waals surface area contributed by atoms with E-state index in [1.807, 2.05) is 6.07 Å². The summed E-state index contributed by atoms with van der Waals surface area (Å²) in [4.78, 5) is 0. The Morgan fingerprint density at radius 2 is 2.23 bits per heavy atom. The lowest BCUT2D eigenvalue weighted by Crippen LogP contribution is -1.75. The van der Waals surface area contributed by atoms with Gasteiger partial charge in [-0.25, -0.2) is 0 Å². The van der Waals surface area contributed by atoms with Gasteiger partial charge in [-0.3, -0.25) is 0 Å². The quantitative estimate of drug-likeness (QED) is 0.762. The zero-order valence-corrected chi connectivity index (χ0v) is 8.75. The van der Waals surface area contributed by atoms with Gasteiger partial charge in [-0.1, -0.05) is 18.5 Å². The molecule has 1 heterocycles. The third-order valence-electron chi connectivity index (χ3n) is 2.08. The van der Waals surface area contributed by atoms with Gasteiger partial charge in [-0.15, -0.1) is 11.3 Å². The molecule has 0 aliphatic heterocycles. The van der Waals surface area contributed by atoms with Gasteiger partial charge in [0.05, 0.1) is 4.70 Å². The van der Waals surface area contributed by atoms with Crippen molar-refractivity contribution in [2.24, 2.45) is 0 Å². The summed E-state index contributed by atoms with van der Waals surface area (Å²) in [5.41, 5.74) is 1.25. The maximum Gasteiger partial charge on any atom is 0.134 e. The van der Waals surface area contributed by atoms with Crippen LogP contribution in [-0.2, 0) is 6.42 Å². The SMILES string of the molecule is CCc1csc2c(O)cc(Cl)cc12. The van der Waals surface area contributed by atoms with E-state index in [-0.39, 0.29) is 5.75 Å². The predicted molar refractivity (Wildman–Crippen MR) is 57.9 cm³/mol. The van der Waals surface area contributed by atoms with E-state index in [1.54, 1.807) is 17.4 Å². The molecule has 0 unspecified atom stereocenters. The van der Waals surface area contributed by atoms with Crippen LogP contribution in [0.3, 0.4) is 0 Å². The first-order valence-corrected chi connectivity index (χ1v) is 5.36. The summed E-state index contributed by atoms with van der Waals surface area (Å²) in [5, 5.41) is 13.3. The fourth-order valence-corrected chi connectivity index (χ4v) is 2.67. The summed E-state index contributed by atoms with van der Waals surface area (Å²) in [5.74, 6) is 0.284. The first-order valence-electron chi connectivity index (χ1n) is 4.11. The van der Waals surface area contributed by atoms with E-state index in [2.05, 4.69) is 12.3 Å². The zero-order valence-electron chi connectivity index (χ0n) is 7.17. The highest BCUT2D eigenvalue weighted by Crippen LogP contribution is 2.35. The van der Waals surface area contributed by atoms with E-state index >= 15 is 0 Å². The second kappa shape index (κ2) is 3.20. The Morgan fingerprint density at radius 3 is 2.92 bits per heavy atom. The lowest BCUT2D eigenvalue weighted by Gasteiger charge is -1.97. The number of phenols is 1. The Balaban J connectivity index is 2.82. The summed E-state index contributed by atoms with van der Waals surface area (Å²) >= 11 is 7.42. The predicted octanol–water partition coefficient (Wildman–Crippen LogP) is 3.82. The van der Waals surface area contributed by atoms with Crippen LogP contribution < -0.4 is 0 Å². The average molecular weight is 213 g/mol. The molecular formula is C10H9ClOS. The molecule has 3 heteroatoms. The minimum atomic E-state index is 0.284. The van der Waals surface area contributed by atoms with Gasteiger partial charge in [0.1, 0.15) is 5.75 Å². The van der Waals surface area contributed by atoms with Gasteiger partial charge in [-0.05, 0) is 29.5 Å². The Kier molecular flexibility index (Phi) is 2.18. The van der Waals surface area contributed by atoms with Crippen LogP contribution in [0.5, 0.6) is 5.75 Å². The molecule has 0 amide bonds. The van der Waals surface area contributed by atoms with Crippen molar-refractivity contribution in [3.05, 3.63) is 28.1 Å². The van der Waals surface area contributed by atoms with Crippen LogP contribution in [0.4, 0.5) is 0 Å². The van der Waals surface area contributed by atoms with Gasteiger partial charge in [0, 0.05) is 10.4 Å². The van der Waals surface area contributed by atoms with E-state index in [4.69, 9.17) is 11.6 Å². The van der Waals surface area contributed by atoms with Crippen molar-refractivity contribution in [1.29, 1.82) is 0 Å². The lowest BCUT2D eigenvalue weighted by molar-refractivity contribution is 0.482. The molecular weight excluding hydrogens is 204 g/mol. The molecule has 0 spiro atoms. The van der Waals surface area contributed by atoms with E-state index < -0.39 is 0 Å². The summed E-state index contributed by atoms with van der Waals surface area (Å²) in [6.45, 7) is 2.10. The smallest absolute Gasteiger partial charge is 0.134 e. The van der Waals surface area contributed by atoms with Crippen LogP contribution in [0.15, 0.2) is 17.5 Å². The molecule has 0 atom stereocenters. The number of hydrogen-bond acceptors (Lipinski definition) is 2. The van der Waals surface area contributed by atoms with Crippen molar-refractivity contribution in [1.82, 2.24) is 0 Å². The van der Waals surface area contributed by atoms with E-state index in [1.165, 1.54) is 5.56 Å². The van der Waals surface area contributed by atoms with Crippen LogP contribution in [0.2, 0.25) is 5.02 Å². The number of aryl methyl sites for hydroxylation is 1. The van der Waals surface area contributed by atoms with Crippen LogP contribution in [-0.4, -0.2) is 5.11 Å². The van der Waals surface area contributed by atoms with Gasteiger partial charge < -0.3 is 5.11 Å². The Morgan fingerprint density at radius 1 is 1.46 bits per heavy atom. The lowest BCUT2D eigenvalue weighted by atomic mass is 10.1. The maximum absolute atomic E-state index is 9.59. The average Bonchev–Trinajstić information content (AvgIpc) is 2.47. The van der Waals surface area contributed by atoms with Crippen LogP contribution in [0.25, 0.3) is 10.1 Å². The second-order valence-electron chi connectivity index (χ2n) is 2.92. The van der Waals surface area contributed by atoms with Crippen LogP contribution in [0.1, 0.15) is 12.5 Å². The van der Waals surface area contributed by atoms with Crippen LogP contribution >= 0.6 is 22.9 Å². The highest BCUT2D eigenvalue weighted by atomic mass is 35.5. The summed E-state index contributed by atoms with van der Waals surface area (Å²) in [6, 6.07) is 3.49. The number of thiophene rings is 1. The molecule has 0 saturated carbocycles. The molecule has 68 valence electrons. The van der Waals surface area contributed by atoms with Crippen molar-refractivity contribution in [2.45, 2.75) is 13.3 Å². The first kappa shape index (κ1) is 8.85. The summed E-state index contributed by atoms with van der Waals surface area (Å²) < 4.78 is 0.932. The monoisotopic (exact) mass is 212 g/mol. The van der Waals surface area contributed by atoms with Crippen molar-refractivity contribution >= 4 is 33.0 Å². The Bertz CT molecular complexity index is 447. The van der Waals surface area contributed by atoms with Crippen molar-refractivity contribution in [3.8, 4) is 5.75 Å². The van der Waals surface area contributed by atoms with E-state index in [0.29, 0.717) is 5.02 Å². The van der Waals surface area contributed by atoms with Gasteiger partial charge >= 0.3 is 0 Å². The first-order chi connectivity index (χ1) is 6.22. The third kappa shape index (κ3) is 1.40. The number of aromatic hydroxyl groups is 1. The van der Waals surface area contributed by atoms with E-state index in [9.17, 15) is 5.11 Å². The molecule has 0 radical (unpaired) electrons. The maximum atomic E-state index is 9.59. The number of rotatable bonds is 1. The fourth-order valence-electron chi connectivity index (χ4n) is 1.41. The van der Waals surface area contributed by atoms with Gasteiger partial charge in [0.25, 0.3) is 0 Å². The minimum absolute atomic E-state index is 0.284. The zero-order chi connectivity index (χ0) is 9.42. The van der Waals surface area contributed by atoms with Gasteiger partial charge in [0.15, 0.2) is 0 Å². The molecule has 2 rings (SSSR count). The number of phenolic OH excluding ortho intramolecular Hbond substituents is 1. The van der Waals surface area contributed by atoms with E-state index in [0.717, 1.165) is 16.5 Å². The van der Waals surface area contributed by atoms with Crippen molar-refractivity contribution in [2.75, 3.05) is 0 Å². The minimum Gasteiger partial charge on any atom is -0.506 e. The molecule has 0 fully saturated rings. The third-order valence-corrected chi connectivity index (χ3v) is 3.37. The number of benzene rings is 1. The molecule has 0 saturated heterocycles. The largest absolute Gasteiger partial charge is 0.506 e. The second-order valence-corrected chi connectivity index (χ2v) is 4.23. The summed E-state index contributed by atoms with van der Waals surface area (Å²) in [7, 11) is 0. The molecule has 1 aromatic carbocycles. The molecule has 2 aromatic rings. The van der Waals surface area contributed by atoms with Gasteiger partial charge in [0.2, 0.25) is 0 Å². The number of halogens is 1. The standard InChI is InChI=1S/C10H9ClOS/c1-2-6-5-13-10-8(6)3-7(11)4-9(10)12/h3-5,12H,2H2,1H3. The van der Waals surface area contributed by atoms with Gasteiger partial charge in [-0.2, -0.15) is 0 Å². The molecule has 1 nitrogen and oxygen atoms in total. The normalized spacial score (nSPS) is 10.9. The number of hydrogen-bond donors (Lipinski definition) is 1. The topological polar surface area (TPSA) is 20.2 Å². The number of fused-ring (bicyclic) bond motifs is 1. The van der Waals surface area contributed by atoms with Crippen molar-refractivity contribution < 1.29 is 5.11 Å². The fraction of sp³-hybridized carbons (Fsp3) is 0.200. The molecule has 0 aliphatic carbocycles. The molecule has 0 bridgehead atoms. The summed E-state index contributed by atoms with van der Waals surface area (Å²) in [6.07, 6.45) is 0.972.